The van der Waals surface area contributed by atoms with Crippen molar-refractivity contribution < 1.29 is 30.0 Å². The summed E-state index contributed by atoms with van der Waals surface area (Å²) in [5.74, 6) is -2.36. The van der Waals surface area contributed by atoms with Gasteiger partial charge in [0.15, 0.2) is 11.6 Å². The Hall–Kier alpha value is -2.18. The quantitative estimate of drug-likeness (QED) is 0.621. The number of Topliss-reactive ketones (excluding diaryl/α,β-unsaturated/α-hetero) is 1. The van der Waals surface area contributed by atoms with Crippen LogP contribution in [-0.4, -0.2) is 44.2 Å². The van der Waals surface area contributed by atoms with E-state index in [4.69, 9.17) is 0 Å². The number of rotatable bonds is 4. The van der Waals surface area contributed by atoms with E-state index in [2.05, 4.69) is 0 Å². The van der Waals surface area contributed by atoms with Gasteiger partial charge in [-0.1, -0.05) is 13.8 Å². The number of phenols is 2. The Kier molecular flexibility index (Phi) is 4.35. The van der Waals surface area contributed by atoms with Crippen LogP contribution in [0.1, 0.15) is 41.0 Å². The van der Waals surface area contributed by atoms with Crippen LogP contribution in [0.3, 0.4) is 0 Å². The second kappa shape index (κ2) is 5.90. The predicted molar refractivity (Wildman–Crippen MR) is 78.0 cm³/mol. The Morgan fingerprint density at radius 2 is 1.55 bits per heavy atom. The molecular weight excluding hydrogens is 288 g/mol. The smallest absolute Gasteiger partial charge is 0.196 e. The highest BCUT2D eigenvalue weighted by atomic mass is 16.3. The molecule has 1 aliphatic rings. The molecule has 0 bridgehead atoms. The van der Waals surface area contributed by atoms with E-state index in [0.717, 1.165) is 18.2 Å². The molecule has 2 rings (SSSR count). The van der Waals surface area contributed by atoms with E-state index in [9.17, 15) is 30.0 Å². The van der Waals surface area contributed by atoms with E-state index < -0.39 is 35.3 Å². The number of allylic oxidation sites excluding steroid dienone is 1. The van der Waals surface area contributed by atoms with Crippen molar-refractivity contribution >= 4 is 11.6 Å². The van der Waals surface area contributed by atoms with Gasteiger partial charge in [0.25, 0.3) is 0 Å². The number of aliphatic hydroxyl groups excluding tert-OH is 2. The van der Waals surface area contributed by atoms with Crippen molar-refractivity contribution in [3.05, 3.63) is 34.9 Å². The zero-order chi connectivity index (χ0) is 16.6. The maximum atomic E-state index is 12.4. The Labute approximate surface area is 127 Å². The molecule has 22 heavy (non-hydrogen) atoms. The minimum absolute atomic E-state index is 0.0998. The van der Waals surface area contributed by atoms with Gasteiger partial charge in [-0.25, -0.2) is 0 Å². The van der Waals surface area contributed by atoms with Crippen molar-refractivity contribution in [1.82, 2.24) is 0 Å². The fourth-order valence-electron chi connectivity index (χ4n) is 2.36. The van der Waals surface area contributed by atoms with Crippen LogP contribution in [0, 0.1) is 5.92 Å². The molecule has 0 amide bonds. The molecule has 6 nitrogen and oxygen atoms in total. The zero-order valence-corrected chi connectivity index (χ0v) is 12.3. The van der Waals surface area contributed by atoms with Crippen LogP contribution in [-0.2, 0) is 0 Å². The first-order valence-corrected chi connectivity index (χ1v) is 6.95. The standard InChI is InChI=1S/C16H18O6/c1-7(2)11(19)6-12(20)8-5-13(21)14-9(17)3-4-10(18)15(14)16(8)22/h3-5,7,11-12,17-20H,6H2,1-2H3. The van der Waals surface area contributed by atoms with E-state index in [1.165, 1.54) is 0 Å². The van der Waals surface area contributed by atoms with Crippen molar-refractivity contribution in [3.63, 3.8) is 0 Å². The largest absolute Gasteiger partial charge is 0.507 e. The van der Waals surface area contributed by atoms with Crippen molar-refractivity contribution in [3.8, 4) is 11.5 Å². The molecule has 1 aromatic carbocycles. The van der Waals surface area contributed by atoms with E-state index >= 15 is 0 Å². The molecule has 4 N–H and O–H groups in total. The van der Waals surface area contributed by atoms with Gasteiger partial charge in [-0.15, -0.1) is 0 Å². The molecular formula is C16H18O6. The van der Waals surface area contributed by atoms with Crippen molar-refractivity contribution in [2.75, 3.05) is 0 Å². The summed E-state index contributed by atoms with van der Waals surface area (Å²) in [4.78, 5) is 24.5. The third-order valence-electron chi connectivity index (χ3n) is 3.78. The summed E-state index contributed by atoms with van der Waals surface area (Å²) in [5.41, 5.74) is -0.788. The van der Waals surface area contributed by atoms with Crippen LogP contribution in [0.15, 0.2) is 23.8 Å². The summed E-state index contributed by atoms with van der Waals surface area (Å²) >= 11 is 0. The summed E-state index contributed by atoms with van der Waals surface area (Å²) in [7, 11) is 0. The Bertz CT molecular complexity index is 659. The molecule has 1 aliphatic carbocycles. The zero-order valence-electron chi connectivity index (χ0n) is 12.3. The van der Waals surface area contributed by atoms with Gasteiger partial charge in [-0.3, -0.25) is 9.59 Å². The van der Waals surface area contributed by atoms with Crippen LogP contribution in [0.2, 0.25) is 0 Å². The van der Waals surface area contributed by atoms with Gasteiger partial charge in [-0.05, 0) is 24.1 Å². The Morgan fingerprint density at radius 1 is 1.00 bits per heavy atom. The lowest BCUT2D eigenvalue weighted by Gasteiger charge is -2.23. The molecule has 0 fully saturated rings. The van der Waals surface area contributed by atoms with Crippen LogP contribution in [0.5, 0.6) is 11.5 Å². The third-order valence-corrected chi connectivity index (χ3v) is 3.78. The minimum Gasteiger partial charge on any atom is -0.507 e. The number of benzene rings is 1. The van der Waals surface area contributed by atoms with Crippen LogP contribution < -0.4 is 0 Å². The number of aromatic hydroxyl groups is 2. The van der Waals surface area contributed by atoms with Crippen LogP contribution in [0.25, 0.3) is 0 Å². The fourth-order valence-corrected chi connectivity index (χ4v) is 2.36. The number of carbonyl (C=O) groups is 2. The van der Waals surface area contributed by atoms with E-state index in [1.54, 1.807) is 13.8 Å². The summed E-state index contributed by atoms with van der Waals surface area (Å²) in [6.45, 7) is 3.53. The van der Waals surface area contributed by atoms with E-state index in [-0.39, 0.29) is 29.0 Å². The van der Waals surface area contributed by atoms with Gasteiger partial charge in [0.1, 0.15) is 11.5 Å². The summed E-state index contributed by atoms with van der Waals surface area (Å²) in [5, 5.41) is 39.4. The molecule has 1 aromatic rings. The van der Waals surface area contributed by atoms with Gasteiger partial charge < -0.3 is 20.4 Å². The number of ketones is 2. The lowest BCUT2D eigenvalue weighted by atomic mass is 9.84. The molecule has 2 unspecified atom stereocenters. The van der Waals surface area contributed by atoms with Gasteiger partial charge in [-0.2, -0.15) is 0 Å². The average Bonchev–Trinajstić information content (AvgIpc) is 2.44. The molecule has 0 radical (unpaired) electrons. The summed E-state index contributed by atoms with van der Waals surface area (Å²) in [6.07, 6.45) is -1.32. The topological polar surface area (TPSA) is 115 Å². The molecule has 0 saturated carbocycles. The maximum Gasteiger partial charge on any atom is 0.196 e. The highest BCUT2D eigenvalue weighted by Crippen LogP contribution is 2.35. The average molecular weight is 306 g/mol. The first-order chi connectivity index (χ1) is 10.2. The number of fused-ring (bicyclic) bond motifs is 1. The lowest BCUT2D eigenvalue weighted by molar-refractivity contribution is 0.0633. The lowest BCUT2D eigenvalue weighted by Crippen LogP contribution is -2.30. The number of phenolic OH excluding ortho intramolecular Hbond substituents is 2. The number of hydrogen-bond donors (Lipinski definition) is 4. The van der Waals surface area contributed by atoms with Crippen LogP contribution in [0.4, 0.5) is 0 Å². The molecule has 0 heterocycles. The van der Waals surface area contributed by atoms with Gasteiger partial charge >= 0.3 is 0 Å². The van der Waals surface area contributed by atoms with Gasteiger partial charge in [0.05, 0.1) is 23.3 Å². The number of hydrogen-bond acceptors (Lipinski definition) is 6. The van der Waals surface area contributed by atoms with Crippen molar-refractivity contribution in [1.29, 1.82) is 0 Å². The molecule has 2 atom stereocenters. The third kappa shape index (κ3) is 2.75. The van der Waals surface area contributed by atoms with Crippen LogP contribution >= 0.6 is 0 Å². The maximum absolute atomic E-state index is 12.4. The molecule has 0 saturated heterocycles. The summed E-state index contributed by atoms with van der Waals surface area (Å²) in [6, 6.07) is 2.23. The van der Waals surface area contributed by atoms with E-state index in [0.29, 0.717) is 0 Å². The van der Waals surface area contributed by atoms with Crippen molar-refractivity contribution in [2.45, 2.75) is 32.5 Å². The van der Waals surface area contributed by atoms with Crippen molar-refractivity contribution in [2.24, 2.45) is 5.92 Å². The number of aliphatic hydroxyl groups is 2. The molecule has 0 spiro atoms. The first-order valence-electron chi connectivity index (χ1n) is 6.95. The molecule has 118 valence electrons. The first kappa shape index (κ1) is 16.2. The van der Waals surface area contributed by atoms with Gasteiger partial charge in [0, 0.05) is 12.0 Å². The number of carbonyl (C=O) groups excluding carboxylic acids is 2. The Morgan fingerprint density at radius 3 is 2.09 bits per heavy atom. The highest BCUT2D eigenvalue weighted by molar-refractivity contribution is 6.26. The molecule has 0 aromatic heterocycles. The highest BCUT2D eigenvalue weighted by Gasteiger charge is 2.34. The predicted octanol–water partition coefficient (Wildman–Crippen LogP) is 1.17. The second-order valence-corrected chi connectivity index (χ2v) is 5.71. The second-order valence-electron chi connectivity index (χ2n) is 5.71. The molecule has 6 heteroatoms. The fraction of sp³-hybridized carbons (Fsp3) is 0.375. The monoisotopic (exact) mass is 306 g/mol. The normalized spacial score (nSPS) is 17.2. The van der Waals surface area contributed by atoms with Gasteiger partial charge in [0.2, 0.25) is 0 Å². The SMILES string of the molecule is CC(C)C(O)CC(O)C1=CC(=O)c2c(O)ccc(O)c2C1=O. The van der Waals surface area contributed by atoms with E-state index in [1.807, 2.05) is 0 Å². The summed E-state index contributed by atoms with van der Waals surface area (Å²) < 4.78 is 0. The minimum atomic E-state index is -1.33. The molecule has 0 aliphatic heterocycles. The Balaban J connectivity index is 2.40.